The van der Waals surface area contributed by atoms with E-state index in [1.54, 1.807) is 14.0 Å². The van der Waals surface area contributed by atoms with E-state index in [4.69, 9.17) is 4.74 Å². The van der Waals surface area contributed by atoms with Gasteiger partial charge in [-0.05, 0) is 44.0 Å². The zero-order valence-corrected chi connectivity index (χ0v) is 17.0. The lowest BCUT2D eigenvalue weighted by Crippen LogP contribution is -2.17. The molecule has 1 aromatic heterocycles. The van der Waals surface area contributed by atoms with E-state index in [2.05, 4.69) is 26.3 Å². The molecule has 0 spiro atoms. The van der Waals surface area contributed by atoms with Crippen LogP contribution in [0.5, 0.6) is 0 Å². The molecule has 25 heavy (non-hydrogen) atoms. The fourth-order valence-corrected chi connectivity index (χ4v) is 3.52. The maximum absolute atomic E-state index is 12.2. The minimum atomic E-state index is -0.502. The summed E-state index contributed by atoms with van der Waals surface area (Å²) in [5.74, 6) is -0.289. The van der Waals surface area contributed by atoms with Crippen molar-refractivity contribution in [3.05, 3.63) is 39.5 Å². The summed E-state index contributed by atoms with van der Waals surface area (Å²) >= 11 is 4.94. The number of halogens is 1. The zero-order valence-electron chi connectivity index (χ0n) is 14.6. The summed E-state index contributed by atoms with van der Waals surface area (Å²) < 4.78 is 7.50. The van der Waals surface area contributed by atoms with Crippen molar-refractivity contribution in [2.24, 2.45) is 7.05 Å². The van der Waals surface area contributed by atoms with Gasteiger partial charge in [0.15, 0.2) is 5.82 Å². The van der Waals surface area contributed by atoms with Crippen LogP contribution in [0.2, 0.25) is 0 Å². The summed E-state index contributed by atoms with van der Waals surface area (Å²) in [6.45, 7) is 6.00. The lowest BCUT2D eigenvalue weighted by atomic mass is 10.2. The molecule has 2 rings (SSSR count). The van der Waals surface area contributed by atoms with Crippen LogP contribution in [0.25, 0.3) is 0 Å². The summed E-state index contributed by atoms with van der Waals surface area (Å²) in [6, 6.07) is 4.08. The molecule has 0 aliphatic heterocycles. The van der Waals surface area contributed by atoms with E-state index >= 15 is 0 Å². The van der Waals surface area contributed by atoms with Crippen molar-refractivity contribution in [2.45, 2.75) is 25.7 Å². The van der Waals surface area contributed by atoms with Gasteiger partial charge in [-0.15, -0.1) is 11.8 Å². The fraction of sp³-hybridized carbons (Fsp3) is 0.353. The van der Waals surface area contributed by atoms with Crippen molar-refractivity contribution in [2.75, 3.05) is 17.7 Å². The van der Waals surface area contributed by atoms with Crippen molar-refractivity contribution < 1.29 is 14.3 Å². The van der Waals surface area contributed by atoms with Gasteiger partial charge >= 0.3 is 5.97 Å². The van der Waals surface area contributed by atoms with Gasteiger partial charge in [0.25, 0.3) is 0 Å². The number of ether oxygens (including phenoxy) is 1. The summed E-state index contributed by atoms with van der Waals surface area (Å²) in [6.07, 6.45) is 1.53. The van der Waals surface area contributed by atoms with E-state index in [-0.39, 0.29) is 29.6 Å². The number of aromatic nitrogens is 2. The SMILES string of the molecule is CCOC(=O)c1cn(C)nc1NC(=O)CSc1cc(C)c(Br)cc1C. The molecule has 6 nitrogen and oxygen atoms in total. The largest absolute Gasteiger partial charge is 0.462 e. The Morgan fingerprint density at radius 2 is 2.04 bits per heavy atom. The molecular formula is C17H20BrN3O3S. The molecule has 1 heterocycles. The van der Waals surface area contributed by atoms with Gasteiger partial charge in [0.2, 0.25) is 5.91 Å². The summed E-state index contributed by atoms with van der Waals surface area (Å²) in [5, 5.41) is 6.81. The number of benzene rings is 1. The number of anilines is 1. The van der Waals surface area contributed by atoms with E-state index < -0.39 is 5.97 Å². The first-order chi connectivity index (χ1) is 11.8. The predicted molar refractivity (Wildman–Crippen MR) is 102 cm³/mol. The smallest absolute Gasteiger partial charge is 0.343 e. The van der Waals surface area contributed by atoms with Gasteiger partial charge in [0, 0.05) is 22.6 Å². The number of carbonyl (C=O) groups excluding carboxylic acids is 2. The van der Waals surface area contributed by atoms with Gasteiger partial charge in [-0.1, -0.05) is 15.9 Å². The number of nitrogens with one attached hydrogen (secondary N) is 1. The third-order valence-electron chi connectivity index (χ3n) is 3.40. The molecule has 0 aliphatic carbocycles. The molecule has 0 unspecified atom stereocenters. The number of hydrogen-bond donors (Lipinski definition) is 1. The molecule has 0 saturated carbocycles. The Morgan fingerprint density at radius 3 is 2.72 bits per heavy atom. The first-order valence-electron chi connectivity index (χ1n) is 7.72. The highest BCUT2D eigenvalue weighted by Crippen LogP contribution is 2.28. The first kappa shape index (κ1) is 19.5. The topological polar surface area (TPSA) is 73.2 Å². The molecule has 1 aromatic carbocycles. The molecule has 8 heteroatoms. The van der Waals surface area contributed by atoms with Crippen molar-refractivity contribution in [3.8, 4) is 0 Å². The Bertz CT molecular complexity index is 805. The molecule has 1 amide bonds. The molecule has 0 bridgehead atoms. The van der Waals surface area contributed by atoms with Gasteiger partial charge in [0.05, 0.1) is 12.4 Å². The molecule has 0 radical (unpaired) electrons. The monoisotopic (exact) mass is 425 g/mol. The van der Waals surface area contributed by atoms with Crippen LogP contribution in [0, 0.1) is 13.8 Å². The second-order valence-electron chi connectivity index (χ2n) is 5.49. The standard InChI is InChI=1S/C17H20BrN3O3S/c1-5-24-17(23)12-8-21(4)20-16(12)19-15(22)9-25-14-7-10(2)13(18)6-11(14)3/h6-8H,5,9H2,1-4H3,(H,19,20,22). The van der Waals surface area contributed by atoms with Crippen LogP contribution in [0.15, 0.2) is 27.7 Å². The highest BCUT2D eigenvalue weighted by molar-refractivity contribution is 9.10. The first-order valence-corrected chi connectivity index (χ1v) is 9.49. The van der Waals surface area contributed by atoms with Crippen molar-refractivity contribution in [1.82, 2.24) is 9.78 Å². The van der Waals surface area contributed by atoms with E-state index in [9.17, 15) is 9.59 Å². The molecule has 0 saturated heterocycles. The van der Waals surface area contributed by atoms with Crippen LogP contribution < -0.4 is 5.32 Å². The number of rotatable bonds is 6. The van der Waals surface area contributed by atoms with Gasteiger partial charge in [0.1, 0.15) is 5.56 Å². The maximum atomic E-state index is 12.2. The lowest BCUT2D eigenvalue weighted by molar-refractivity contribution is -0.113. The molecule has 0 aliphatic rings. The second-order valence-corrected chi connectivity index (χ2v) is 7.36. The molecule has 0 atom stereocenters. The Kier molecular flexibility index (Phi) is 6.66. The van der Waals surface area contributed by atoms with Crippen molar-refractivity contribution in [1.29, 1.82) is 0 Å². The van der Waals surface area contributed by atoms with E-state index in [1.165, 1.54) is 22.6 Å². The van der Waals surface area contributed by atoms with Crippen LogP contribution in [0.3, 0.4) is 0 Å². The number of esters is 1. The summed E-state index contributed by atoms with van der Waals surface area (Å²) in [5.41, 5.74) is 2.46. The molecule has 134 valence electrons. The number of nitrogens with zero attached hydrogens (tertiary/aromatic N) is 2. The number of amides is 1. The van der Waals surface area contributed by atoms with Crippen LogP contribution in [0.4, 0.5) is 5.82 Å². The lowest BCUT2D eigenvalue weighted by Gasteiger charge is -2.09. The number of hydrogen-bond acceptors (Lipinski definition) is 5. The molecule has 2 aromatic rings. The van der Waals surface area contributed by atoms with Gasteiger partial charge in [-0.2, -0.15) is 5.10 Å². The van der Waals surface area contributed by atoms with Crippen LogP contribution in [-0.2, 0) is 16.6 Å². The Labute approximate surface area is 159 Å². The number of carbonyl (C=O) groups is 2. The number of aryl methyl sites for hydroxylation is 3. The average Bonchev–Trinajstić information content (AvgIpc) is 2.90. The van der Waals surface area contributed by atoms with Gasteiger partial charge in [-0.3, -0.25) is 9.48 Å². The van der Waals surface area contributed by atoms with Crippen LogP contribution in [0.1, 0.15) is 28.4 Å². The Balaban J connectivity index is 2.04. The van der Waals surface area contributed by atoms with Crippen molar-refractivity contribution >= 4 is 45.4 Å². The minimum absolute atomic E-state index is 0.218. The second kappa shape index (κ2) is 8.53. The Morgan fingerprint density at radius 1 is 1.32 bits per heavy atom. The highest BCUT2D eigenvalue weighted by atomic mass is 79.9. The third kappa shape index (κ3) is 5.09. The van der Waals surface area contributed by atoms with Gasteiger partial charge in [-0.25, -0.2) is 4.79 Å². The molecular weight excluding hydrogens is 406 g/mol. The van der Waals surface area contributed by atoms with Crippen molar-refractivity contribution in [3.63, 3.8) is 0 Å². The third-order valence-corrected chi connectivity index (χ3v) is 5.41. The molecule has 1 N–H and O–H groups in total. The summed E-state index contributed by atoms with van der Waals surface area (Å²) in [7, 11) is 1.68. The average molecular weight is 426 g/mol. The van der Waals surface area contributed by atoms with E-state index in [1.807, 2.05) is 26.0 Å². The van der Waals surface area contributed by atoms with E-state index in [0.717, 1.165) is 20.5 Å². The van der Waals surface area contributed by atoms with Gasteiger partial charge < -0.3 is 10.1 Å². The molecule has 0 fully saturated rings. The Hall–Kier alpha value is -1.80. The van der Waals surface area contributed by atoms with Crippen LogP contribution >= 0.6 is 27.7 Å². The predicted octanol–water partition coefficient (Wildman–Crippen LogP) is 3.71. The normalized spacial score (nSPS) is 10.6. The van der Waals surface area contributed by atoms with Crippen LogP contribution in [-0.4, -0.2) is 34.0 Å². The number of thioether (sulfide) groups is 1. The highest BCUT2D eigenvalue weighted by Gasteiger charge is 2.19. The quantitative estimate of drug-likeness (QED) is 0.563. The maximum Gasteiger partial charge on any atom is 0.343 e. The fourth-order valence-electron chi connectivity index (χ4n) is 2.16. The summed E-state index contributed by atoms with van der Waals surface area (Å²) in [4.78, 5) is 25.2. The minimum Gasteiger partial charge on any atom is -0.462 e. The zero-order chi connectivity index (χ0) is 18.6. The van der Waals surface area contributed by atoms with E-state index in [0.29, 0.717) is 0 Å².